The summed E-state index contributed by atoms with van der Waals surface area (Å²) >= 11 is 0. The number of carbonyl (C=O) groups is 1. The van der Waals surface area contributed by atoms with Crippen molar-refractivity contribution in [3.63, 3.8) is 0 Å². The zero-order chi connectivity index (χ0) is 23.4. The van der Waals surface area contributed by atoms with Gasteiger partial charge in [0.05, 0.1) is 0 Å². The second-order valence-electron chi connectivity index (χ2n) is 11.9. The Morgan fingerprint density at radius 1 is 1.12 bits per heavy atom. The van der Waals surface area contributed by atoms with Crippen LogP contribution in [0.1, 0.15) is 78.2 Å². The second-order valence-corrected chi connectivity index (χ2v) is 11.9. The number of nitrogens with two attached hydrogens (primary N) is 1. The molecule has 0 spiro atoms. The van der Waals surface area contributed by atoms with Gasteiger partial charge in [-0.3, -0.25) is 9.78 Å². The van der Waals surface area contributed by atoms with Crippen molar-refractivity contribution >= 4 is 11.5 Å². The summed E-state index contributed by atoms with van der Waals surface area (Å²) in [6.45, 7) is 8.96. The number of hydrogen-bond donors (Lipinski definition) is 1. The number of pyridine rings is 1. The van der Waals surface area contributed by atoms with E-state index < -0.39 is 6.04 Å². The molecule has 0 unspecified atom stereocenters. The van der Waals surface area contributed by atoms with Crippen molar-refractivity contribution in [1.29, 1.82) is 0 Å². The van der Waals surface area contributed by atoms with Crippen LogP contribution in [0.2, 0.25) is 0 Å². The minimum absolute atomic E-state index is 0.0163. The van der Waals surface area contributed by atoms with Crippen LogP contribution in [0, 0.1) is 34.5 Å². The summed E-state index contributed by atoms with van der Waals surface area (Å²) in [5.41, 5.74) is 10.9. The summed E-state index contributed by atoms with van der Waals surface area (Å²) in [6.07, 6.45) is 16.8. The molecule has 1 aromatic heterocycles. The maximum Gasteiger partial charge on any atom is 0.323 e. The van der Waals surface area contributed by atoms with Crippen molar-refractivity contribution in [3.05, 3.63) is 47.8 Å². The highest BCUT2D eigenvalue weighted by Gasteiger charge is 2.57. The van der Waals surface area contributed by atoms with Gasteiger partial charge in [0.15, 0.2) is 0 Å². The highest BCUT2D eigenvalue weighted by molar-refractivity contribution is 5.76. The van der Waals surface area contributed by atoms with Crippen molar-refractivity contribution in [3.8, 4) is 0 Å². The standard InChI is InChI=1S/C29H40N2O2/c1-18(2)26(30)27(32)33-21-11-13-28(3)20(16-21)7-8-22-24-10-9-23(19-6-5-15-31-17-19)29(24,4)14-12-25(22)28/h5-7,9,15,17-18,21-22,24-26H,8,10-14,16,30H2,1-4H3/t21-,22-,24-,25-,26-,28-,29+/m0/s1. The van der Waals surface area contributed by atoms with Crippen LogP contribution in [0.15, 0.2) is 42.3 Å². The zero-order valence-corrected chi connectivity index (χ0v) is 20.7. The fraction of sp³-hybridized carbons (Fsp3) is 0.655. The summed E-state index contributed by atoms with van der Waals surface area (Å²) in [7, 11) is 0. The van der Waals surface area contributed by atoms with E-state index in [2.05, 4.69) is 43.1 Å². The Kier molecular flexibility index (Phi) is 5.79. The number of carbonyl (C=O) groups excluding carboxylic acids is 1. The lowest BCUT2D eigenvalue weighted by molar-refractivity contribution is -0.154. The largest absolute Gasteiger partial charge is 0.461 e. The molecular weight excluding hydrogens is 408 g/mol. The quantitative estimate of drug-likeness (QED) is 0.458. The number of esters is 1. The van der Waals surface area contributed by atoms with E-state index in [0.29, 0.717) is 5.92 Å². The third-order valence-electron chi connectivity index (χ3n) is 9.89. The molecule has 0 amide bonds. The maximum absolute atomic E-state index is 12.5. The first-order valence-corrected chi connectivity index (χ1v) is 13.0. The molecule has 0 radical (unpaired) electrons. The van der Waals surface area contributed by atoms with E-state index in [0.717, 1.165) is 37.5 Å². The van der Waals surface area contributed by atoms with Crippen LogP contribution in [0.3, 0.4) is 0 Å². The molecule has 0 saturated heterocycles. The lowest BCUT2D eigenvalue weighted by atomic mass is 9.47. The van der Waals surface area contributed by atoms with Crippen LogP contribution < -0.4 is 5.73 Å². The van der Waals surface area contributed by atoms with E-state index in [4.69, 9.17) is 10.5 Å². The predicted octanol–water partition coefficient (Wildman–Crippen LogP) is 5.93. The molecule has 0 aliphatic heterocycles. The van der Waals surface area contributed by atoms with Gasteiger partial charge in [-0.2, -0.15) is 0 Å². The van der Waals surface area contributed by atoms with Gasteiger partial charge in [-0.1, -0.05) is 51.5 Å². The molecule has 4 aliphatic rings. The number of allylic oxidation sites excluding steroid dienone is 3. The minimum Gasteiger partial charge on any atom is -0.461 e. The van der Waals surface area contributed by atoms with E-state index in [1.165, 1.54) is 36.0 Å². The molecule has 5 rings (SSSR count). The third kappa shape index (κ3) is 3.69. The first-order chi connectivity index (χ1) is 15.7. The third-order valence-corrected chi connectivity index (χ3v) is 9.89. The van der Waals surface area contributed by atoms with Gasteiger partial charge in [0.2, 0.25) is 0 Å². The van der Waals surface area contributed by atoms with Crippen LogP contribution >= 0.6 is 0 Å². The number of fused-ring (bicyclic) bond motifs is 5. The van der Waals surface area contributed by atoms with E-state index >= 15 is 0 Å². The van der Waals surface area contributed by atoms with Crippen LogP contribution in [-0.2, 0) is 9.53 Å². The summed E-state index contributed by atoms with van der Waals surface area (Å²) in [4.78, 5) is 16.8. The Morgan fingerprint density at radius 3 is 2.64 bits per heavy atom. The van der Waals surface area contributed by atoms with E-state index in [9.17, 15) is 4.79 Å². The van der Waals surface area contributed by atoms with E-state index in [1.807, 2.05) is 26.2 Å². The highest BCUT2D eigenvalue weighted by Crippen LogP contribution is 2.66. The van der Waals surface area contributed by atoms with Crippen molar-refractivity contribution < 1.29 is 9.53 Å². The normalized spacial score (nSPS) is 38.5. The minimum atomic E-state index is -0.525. The number of nitrogens with zero attached hydrogens (tertiary/aromatic N) is 1. The SMILES string of the molecule is CC(C)[C@H](N)C(=O)O[C@H]1CC[C@@]2(C)C(=CC[C@@H]3[C@@H]2CC[C@]2(C)C(c4cccnc4)=CC[C@@H]32)C1. The predicted molar refractivity (Wildman–Crippen MR) is 132 cm³/mol. The van der Waals surface area contributed by atoms with Crippen LogP contribution in [0.5, 0.6) is 0 Å². The molecule has 1 aromatic rings. The van der Waals surface area contributed by atoms with Gasteiger partial charge in [-0.25, -0.2) is 0 Å². The molecule has 2 N–H and O–H groups in total. The lowest BCUT2D eigenvalue weighted by Gasteiger charge is -2.57. The second kappa shape index (κ2) is 8.37. The van der Waals surface area contributed by atoms with E-state index in [1.54, 1.807) is 0 Å². The smallest absolute Gasteiger partial charge is 0.323 e. The van der Waals surface area contributed by atoms with Gasteiger partial charge >= 0.3 is 5.97 Å². The molecule has 1 heterocycles. The molecule has 4 nitrogen and oxygen atoms in total. The molecule has 33 heavy (non-hydrogen) atoms. The van der Waals surface area contributed by atoms with E-state index in [-0.39, 0.29) is 28.8 Å². The summed E-state index contributed by atoms with van der Waals surface area (Å²) < 4.78 is 5.87. The molecule has 0 aromatic carbocycles. The Hall–Kier alpha value is -1.94. The molecule has 2 saturated carbocycles. The monoisotopic (exact) mass is 448 g/mol. The Morgan fingerprint density at radius 2 is 1.91 bits per heavy atom. The van der Waals surface area contributed by atoms with Crippen LogP contribution in [0.25, 0.3) is 5.57 Å². The fourth-order valence-corrected chi connectivity index (χ4v) is 7.78. The molecule has 7 atom stereocenters. The first-order valence-electron chi connectivity index (χ1n) is 13.0. The molecular formula is C29H40N2O2. The highest BCUT2D eigenvalue weighted by atomic mass is 16.5. The summed E-state index contributed by atoms with van der Waals surface area (Å²) in [6, 6.07) is 3.77. The maximum atomic E-state index is 12.5. The van der Waals surface area contributed by atoms with Gasteiger partial charge in [-0.15, -0.1) is 0 Å². The van der Waals surface area contributed by atoms with Gasteiger partial charge in [0.1, 0.15) is 12.1 Å². The van der Waals surface area contributed by atoms with Crippen LogP contribution in [0.4, 0.5) is 0 Å². The average molecular weight is 449 g/mol. The van der Waals surface area contributed by atoms with Crippen molar-refractivity contribution in [2.24, 2.45) is 40.2 Å². The number of rotatable bonds is 4. The molecule has 4 aliphatic carbocycles. The van der Waals surface area contributed by atoms with Gasteiger partial charge < -0.3 is 10.5 Å². The molecule has 0 bridgehead atoms. The summed E-state index contributed by atoms with van der Waals surface area (Å²) in [5.74, 6) is 2.04. The summed E-state index contributed by atoms with van der Waals surface area (Å²) in [5, 5.41) is 0. The first kappa shape index (κ1) is 22.8. The van der Waals surface area contributed by atoms with Crippen molar-refractivity contribution in [1.82, 2.24) is 4.98 Å². The number of hydrogen-bond acceptors (Lipinski definition) is 4. The lowest BCUT2D eigenvalue weighted by Crippen LogP contribution is -2.50. The Labute approximate surface area is 199 Å². The fourth-order valence-electron chi connectivity index (χ4n) is 7.78. The van der Waals surface area contributed by atoms with Gasteiger partial charge in [0, 0.05) is 18.8 Å². The Bertz CT molecular complexity index is 967. The number of ether oxygens (including phenoxy) is 1. The molecule has 178 valence electrons. The average Bonchev–Trinajstić information content (AvgIpc) is 3.16. The zero-order valence-electron chi connectivity index (χ0n) is 20.7. The van der Waals surface area contributed by atoms with Gasteiger partial charge in [0.25, 0.3) is 0 Å². The van der Waals surface area contributed by atoms with Gasteiger partial charge in [-0.05, 0) is 90.2 Å². The topological polar surface area (TPSA) is 65.2 Å². The molecule has 4 heteroatoms. The van der Waals surface area contributed by atoms with Crippen molar-refractivity contribution in [2.45, 2.75) is 84.8 Å². The Balaban J connectivity index is 1.33. The number of aromatic nitrogens is 1. The molecule has 2 fully saturated rings. The van der Waals surface area contributed by atoms with Crippen molar-refractivity contribution in [2.75, 3.05) is 0 Å². The van der Waals surface area contributed by atoms with Crippen LogP contribution in [-0.4, -0.2) is 23.1 Å².